The van der Waals surface area contributed by atoms with Crippen LogP contribution in [-0.2, 0) is 28.6 Å². The van der Waals surface area contributed by atoms with E-state index >= 15 is 0 Å². The molecule has 410 valence electrons. The second kappa shape index (κ2) is 59.4. The number of ether oxygens (including phenoxy) is 3. The minimum atomic E-state index is -0.784. The van der Waals surface area contributed by atoms with Gasteiger partial charge < -0.3 is 14.2 Å². The first-order valence-electron chi connectivity index (χ1n) is 30.4. The van der Waals surface area contributed by atoms with E-state index in [4.69, 9.17) is 14.2 Å². The van der Waals surface area contributed by atoms with Crippen molar-refractivity contribution in [1.29, 1.82) is 0 Å². The second-order valence-electron chi connectivity index (χ2n) is 20.2. The fraction of sp³-hybridized carbons (Fsp3) is 0.769. The Labute approximate surface area is 440 Å². The van der Waals surface area contributed by atoms with Crippen LogP contribution in [-0.4, -0.2) is 37.2 Å². The number of esters is 3. The van der Waals surface area contributed by atoms with E-state index in [2.05, 4.69) is 93.7 Å². The van der Waals surface area contributed by atoms with E-state index in [9.17, 15) is 14.4 Å². The summed E-state index contributed by atoms with van der Waals surface area (Å²) < 4.78 is 16.9. The zero-order chi connectivity index (χ0) is 51.4. The lowest BCUT2D eigenvalue weighted by atomic mass is 10.0. The van der Waals surface area contributed by atoms with E-state index in [0.717, 1.165) is 109 Å². The fourth-order valence-corrected chi connectivity index (χ4v) is 8.63. The van der Waals surface area contributed by atoms with E-state index in [1.807, 2.05) is 0 Å². The van der Waals surface area contributed by atoms with Gasteiger partial charge in [-0.3, -0.25) is 14.4 Å². The summed E-state index contributed by atoms with van der Waals surface area (Å²) >= 11 is 0. The van der Waals surface area contributed by atoms with Crippen molar-refractivity contribution in [3.05, 3.63) is 72.9 Å². The molecule has 0 bridgehead atoms. The molecule has 71 heavy (non-hydrogen) atoms. The summed E-state index contributed by atoms with van der Waals surface area (Å²) in [7, 11) is 0. The van der Waals surface area contributed by atoms with E-state index in [1.54, 1.807) is 0 Å². The molecule has 0 radical (unpaired) electrons. The van der Waals surface area contributed by atoms with Crippen LogP contribution in [0.25, 0.3) is 0 Å². The zero-order valence-corrected chi connectivity index (χ0v) is 47.0. The van der Waals surface area contributed by atoms with Crippen LogP contribution in [0.1, 0.15) is 303 Å². The standard InChI is InChI=1S/C65H114O6/c1-4-7-10-13-16-19-22-25-28-30-32-33-34-36-37-40-43-46-49-52-55-58-64(67)70-61-62(60-69-63(66)57-54-51-48-45-42-39-27-24-21-18-15-12-9-6-3)71-65(68)59-56-53-50-47-44-41-38-35-31-29-26-23-20-17-14-11-8-5-2/h7,10,15-16,18-19,24-25,27-28,32-33,62H,4-6,8-9,11-14,17,20-23,26,29-31,34-61H2,1-3H3/b10-7-,18-15-,19-16-,27-24-,28-25-,33-32-. The van der Waals surface area contributed by atoms with Crippen molar-refractivity contribution in [2.45, 2.75) is 309 Å². The van der Waals surface area contributed by atoms with Crippen LogP contribution >= 0.6 is 0 Å². The van der Waals surface area contributed by atoms with Crippen LogP contribution in [0.5, 0.6) is 0 Å². The Morgan fingerprint density at radius 2 is 0.563 bits per heavy atom. The zero-order valence-electron chi connectivity index (χ0n) is 47.0. The van der Waals surface area contributed by atoms with Crippen LogP contribution in [0.2, 0.25) is 0 Å². The average molecular weight is 992 g/mol. The highest BCUT2D eigenvalue weighted by Gasteiger charge is 2.19. The van der Waals surface area contributed by atoms with Gasteiger partial charge in [-0.05, 0) is 83.5 Å². The van der Waals surface area contributed by atoms with Crippen LogP contribution < -0.4 is 0 Å². The van der Waals surface area contributed by atoms with Gasteiger partial charge in [-0.15, -0.1) is 0 Å². The third-order valence-electron chi connectivity index (χ3n) is 13.2. The van der Waals surface area contributed by atoms with Gasteiger partial charge in [0.2, 0.25) is 0 Å². The summed E-state index contributed by atoms with van der Waals surface area (Å²) in [4.78, 5) is 38.2. The van der Waals surface area contributed by atoms with Crippen LogP contribution in [0.4, 0.5) is 0 Å². The minimum absolute atomic E-state index is 0.0819. The summed E-state index contributed by atoms with van der Waals surface area (Å²) in [6, 6.07) is 0. The van der Waals surface area contributed by atoms with E-state index in [-0.39, 0.29) is 31.1 Å². The Bertz CT molecular complexity index is 1320. The lowest BCUT2D eigenvalue weighted by Gasteiger charge is -2.18. The average Bonchev–Trinajstić information content (AvgIpc) is 3.37. The van der Waals surface area contributed by atoms with Gasteiger partial charge in [0.25, 0.3) is 0 Å². The number of hydrogen-bond donors (Lipinski definition) is 0. The molecule has 0 aliphatic heterocycles. The first kappa shape index (κ1) is 67.8. The molecule has 0 rings (SSSR count). The Hall–Kier alpha value is -3.15. The smallest absolute Gasteiger partial charge is 0.306 e. The van der Waals surface area contributed by atoms with Gasteiger partial charge in [0.05, 0.1) is 0 Å². The Kier molecular flexibility index (Phi) is 56.8. The number of allylic oxidation sites excluding steroid dienone is 12. The monoisotopic (exact) mass is 991 g/mol. The lowest BCUT2D eigenvalue weighted by Crippen LogP contribution is -2.30. The number of carbonyl (C=O) groups excluding carboxylic acids is 3. The second-order valence-corrected chi connectivity index (χ2v) is 20.2. The maximum Gasteiger partial charge on any atom is 0.306 e. The predicted molar refractivity (Wildman–Crippen MR) is 307 cm³/mol. The van der Waals surface area contributed by atoms with Crippen LogP contribution in [0, 0.1) is 0 Å². The molecule has 0 aromatic carbocycles. The maximum atomic E-state index is 12.9. The van der Waals surface area contributed by atoms with Gasteiger partial charge in [0.15, 0.2) is 6.10 Å². The first-order chi connectivity index (χ1) is 35.0. The summed E-state index contributed by atoms with van der Waals surface area (Å²) in [6.45, 7) is 6.50. The highest BCUT2D eigenvalue weighted by Crippen LogP contribution is 2.17. The van der Waals surface area contributed by atoms with E-state index in [1.165, 1.54) is 154 Å². The van der Waals surface area contributed by atoms with Gasteiger partial charge in [0, 0.05) is 19.3 Å². The van der Waals surface area contributed by atoms with Gasteiger partial charge in [-0.25, -0.2) is 0 Å². The van der Waals surface area contributed by atoms with Crippen molar-refractivity contribution in [2.24, 2.45) is 0 Å². The topological polar surface area (TPSA) is 78.9 Å². The summed E-state index contributed by atoms with van der Waals surface area (Å²) in [5, 5.41) is 0. The summed E-state index contributed by atoms with van der Waals surface area (Å²) in [6.07, 6.45) is 76.1. The molecule has 0 aliphatic rings. The minimum Gasteiger partial charge on any atom is -0.462 e. The van der Waals surface area contributed by atoms with Crippen molar-refractivity contribution in [3.8, 4) is 0 Å². The predicted octanol–water partition coefficient (Wildman–Crippen LogP) is 20.5. The Morgan fingerprint density at radius 1 is 0.296 bits per heavy atom. The molecular formula is C65H114O6. The molecule has 0 heterocycles. The van der Waals surface area contributed by atoms with Crippen molar-refractivity contribution in [1.82, 2.24) is 0 Å². The third kappa shape index (κ3) is 57.6. The van der Waals surface area contributed by atoms with Crippen molar-refractivity contribution in [3.63, 3.8) is 0 Å². The molecule has 0 fully saturated rings. The van der Waals surface area contributed by atoms with Gasteiger partial charge in [0.1, 0.15) is 13.2 Å². The highest BCUT2D eigenvalue weighted by molar-refractivity contribution is 5.71. The molecule has 0 aliphatic carbocycles. The maximum absolute atomic E-state index is 12.9. The molecule has 1 unspecified atom stereocenters. The molecular weight excluding hydrogens is 877 g/mol. The lowest BCUT2D eigenvalue weighted by molar-refractivity contribution is -0.167. The number of unbranched alkanes of at least 4 members (excludes halogenated alkanes) is 32. The molecule has 6 nitrogen and oxygen atoms in total. The van der Waals surface area contributed by atoms with Gasteiger partial charge >= 0.3 is 17.9 Å². The highest BCUT2D eigenvalue weighted by atomic mass is 16.6. The molecule has 0 aromatic heterocycles. The molecule has 0 saturated heterocycles. The molecule has 0 saturated carbocycles. The van der Waals surface area contributed by atoms with E-state index in [0.29, 0.717) is 19.3 Å². The Morgan fingerprint density at radius 3 is 0.901 bits per heavy atom. The SMILES string of the molecule is CC/C=C\C/C=C\C/C=C\C/C=C\CCCCCCCCCCC(=O)OCC(COC(=O)CCCCCCC/C=C\C/C=C\CCCC)OC(=O)CCCCCCCCCCCCCCCCCCCC. The largest absolute Gasteiger partial charge is 0.462 e. The quantitative estimate of drug-likeness (QED) is 0.0261. The summed E-state index contributed by atoms with van der Waals surface area (Å²) in [5.41, 5.74) is 0. The van der Waals surface area contributed by atoms with Crippen molar-refractivity contribution >= 4 is 17.9 Å². The Balaban J connectivity index is 4.36. The fourth-order valence-electron chi connectivity index (χ4n) is 8.63. The van der Waals surface area contributed by atoms with Crippen LogP contribution in [0.3, 0.4) is 0 Å². The van der Waals surface area contributed by atoms with E-state index < -0.39 is 6.10 Å². The number of rotatable bonds is 55. The van der Waals surface area contributed by atoms with Crippen molar-refractivity contribution in [2.75, 3.05) is 13.2 Å². The first-order valence-corrected chi connectivity index (χ1v) is 30.4. The molecule has 0 N–H and O–H groups in total. The van der Waals surface area contributed by atoms with Crippen LogP contribution in [0.15, 0.2) is 72.9 Å². The molecule has 0 aromatic rings. The molecule has 0 amide bonds. The third-order valence-corrected chi connectivity index (χ3v) is 13.2. The number of carbonyl (C=O) groups is 3. The molecule has 0 spiro atoms. The van der Waals surface area contributed by atoms with Gasteiger partial charge in [-0.2, -0.15) is 0 Å². The summed E-state index contributed by atoms with van der Waals surface area (Å²) in [5.74, 6) is -0.889. The van der Waals surface area contributed by atoms with Gasteiger partial charge in [-0.1, -0.05) is 273 Å². The normalized spacial score (nSPS) is 12.5. The van der Waals surface area contributed by atoms with Crippen molar-refractivity contribution < 1.29 is 28.6 Å². The molecule has 1 atom stereocenters. The molecule has 6 heteroatoms. The number of hydrogen-bond acceptors (Lipinski definition) is 6.